The molecule has 1 aliphatic rings. The average Bonchev–Trinajstić information content (AvgIpc) is 2.82. The summed E-state index contributed by atoms with van der Waals surface area (Å²) in [5.41, 5.74) is -0.132. The Balaban J connectivity index is 2.20. The van der Waals surface area contributed by atoms with Crippen molar-refractivity contribution < 1.29 is 19.1 Å². The van der Waals surface area contributed by atoms with Gasteiger partial charge in [-0.15, -0.1) is 0 Å². The van der Waals surface area contributed by atoms with E-state index in [1.54, 1.807) is 6.07 Å². The second kappa shape index (κ2) is 8.63. The molecule has 2 rings (SSSR count). The lowest BCUT2D eigenvalue weighted by atomic mass is 9.92. The molecule has 0 spiro atoms. The van der Waals surface area contributed by atoms with Gasteiger partial charge in [-0.2, -0.15) is 5.26 Å². The van der Waals surface area contributed by atoms with Crippen LogP contribution in [0.3, 0.4) is 0 Å². The quantitative estimate of drug-likeness (QED) is 0.501. The zero-order valence-corrected chi connectivity index (χ0v) is 14.8. The van der Waals surface area contributed by atoms with Crippen molar-refractivity contribution in [3.63, 3.8) is 0 Å². The van der Waals surface area contributed by atoms with E-state index in [1.165, 1.54) is 19.1 Å². The smallest absolute Gasteiger partial charge is 0.308 e. The molecule has 0 aromatic heterocycles. The number of hydrogen-bond acceptors (Lipinski definition) is 5. The van der Waals surface area contributed by atoms with Crippen LogP contribution in [-0.4, -0.2) is 24.1 Å². The first-order valence-corrected chi connectivity index (χ1v) is 8.69. The fraction of sp³-hybridized carbons (Fsp3) is 0.526. The highest BCUT2D eigenvalue weighted by Gasteiger charge is 2.39. The van der Waals surface area contributed by atoms with Gasteiger partial charge in [0.15, 0.2) is 0 Å². The van der Waals surface area contributed by atoms with Crippen LogP contribution in [0.5, 0.6) is 5.75 Å². The number of nitriles is 1. The first-order chi connectivity index (χ1) is 12.0. The van der Waals surface area contributed by atoms with Crippen LogP contribution in [0.4, 0.5) is 5.69 Å². The van der Waals surface area contributed by atoms with Gasteiger partial charge in [-0.25, -0.2) is 0 Å². The lowest BCUT2D eigenvalue weighted by Gasteiger charge is -2.31. The van der Waals surface area contributed by atoms with E-state index < -0.39 is 11.6 Å². The highest BCUT2D eigenvalue weighted by molar-refractivity contribution is 5.97. The number of hydrogen-bond donors (Lipinski definition) is 1. The average molecular weight is 344 g/mol. The molecule has 0 unspecified atom stereocenters. The molecule has 1 N–H and O–H groups in total. The van der Waals surface area contributed by atoms with Gasteiger partial charge in [0.2, 0.25) is 0 Å². The zero-order chi connectivity index (χ0) is 18.3. The predicted molar refractivity (Wildman–Crippen MR) is 93.2 cm³/mol. The van der Waals surface area contributed by atoms with E-state index in [0.29, 0.717) is 25.1 Å². The summed E-state index contributed by atoms with van der Waals surface area (Å²) in [7, 11) is 0. The predicted octanol–water partition coefficient (Wildman–Crippen LogP) is 3.55. The minimum atomic E-state index is -0.813. The molecule has 134 valence electrons. The minimum absolute atomic E-state index is 0.180. The van der Waals surface area contributed by atoms with Gasteiger partial charge in [-0.3, -0.25) is 9.59 Å². The summed E-state index contributed by atoms with van der Waals surface area (Å²) < 4.78 is 10.9. The summed E-state index contributed by atoms with van der Waals surface area (Å²) in [4.78, 5) is 24.0. The third kappa shape index (κ3) is 4.80. The van der Waals surface area contributed by atoms with Crippen LogP contribution in [-0.2, 0) is 14.3 Å². The van der Waals surface area contributed by atoms with Crippen molar-refractivity contribution in [1.29, 1.82) is 5.26 Å². The number of rotatable bonds is 5. The summed E-state index contributed by atoms with van der Waals surface area (Å²) in [5.74, 6) is -0.496. The van der Waals surface area contributed by atoms with Crippen molar-refractivity contribution in [2.75, 3.05) is 11.9 Å². The third-order valence-corrected chi connectivity index (χ3v) is 4.36. The number of esters is 1. The summed E-state index contributed by atoms with van der Waals surface area (Å²) in [6.45, 7) is 3.64. The molecule has 0 aliphatic heterocycles. The molecule has 0 radical (unpaired) electrons. The number of amides is 1. The molecule has 0 bridgehead atoms. The van der Waals surface area contributed by atoms with E-state index in [9.17, 15) is 14.9 Å². The first-order valence-electron chi connectivity index (χ1n) is 8.69. The molecule has 1 aliphatic carbocycles. The van der Waals surface area contributed by atoms with Gasteiger partial charge in [-0.05, 0) is 38.0 Å². The molecule has 1 amide bonds. The highest BCUT2D eigenvalue weighted by Crippen LogP contribution is 2.32. The number of benzene rings is 1. The summed E-state index contributed by atoms with van der Waals surface area (Å²) in [6, 6.07) is 6.61. The Kier molecular flexibility index (Phi) is 6.54. The van der Waals surface area contributed by atoms with Crippen LogP contribution in [0.2, 0.25) is 0 Å². The molecular weight excluding hydrogens is 320 g/mol. The molecule has 1 aromatic carbocycles. The van der Waals surface area contributed by atoms with E-state index >= 15 is 0 Å². The van der Waals surface area contributed by atoms with Crippen molar-refractivity contribution in [2.45, 2.75) is 58.0 Å². The summed E-state index contributed by atoms with van der Waals surface area (Å²) >= 11 is 0. The minimum Gasteiger partial charge on any atom is -0.425 e. The van der Waals surface area contributed by atoms with Crippen LogP contribution in [0.15, 0.2) is 18.2 Å². The fourth-order valence-electron chi connectivity index (χ4n) is 3.20. The van der Waals surface area contributed by atoms with E-state index in [0.717, 1.165) is 25.7 Å². The fourth-order valence-corrected chi connectivity index (χ4v) is 3.20. The first kappa shape index (κ1) is 18.9. The Morgan fingerprint density at radius 3 is 2.48 bits per heavy atom. The Morgan fingerprint density at radius 1 is 1.24 bits per heavy atom. The Morgan fingerprint density at radius 2 is 1.92 bits per heavy atom. The largest absolute Gasteiger partial charge is 0.425 e. The van der Waals surface area contributed by atoms with Gasteiger partial charge >= 0.3 is 5.97 Å². The monoisotopic (exact) mass is 344 g/mol. The number of nitrogens with zero attached hydrogens (tertiary/aromatic N) is 1. The van der Waals surface area contributed by atoms with Crippen molar-refractivity contribution in [3.8, 4) is 11.8 Å². The van der Waals surface area contributed by atoms with Gasteiger partial charge in [0.05, 0.1) is 5.56 Å². The molecule has 0 atom stereocenters. The number of carbonyl (C=O) groups excluding carboxylic acids is 2. The van der Waals surface area contributed by atoms with Gasteiger partial charge in [0.25, 0.3) is 5.91 Å². The van der Waals surface area contributed by atoms with E-state index in [-0.39, 0.29) is 17.2 Å². The molecule has 25 heavy (non-hydrogen) atoms. The maximum atomic E-state index is 12.9. The SMILES string of the molecule is CCOC1(C(=O)Nc2ccc(OC(C)=O)c(C#N)c2)CCCCCC1. The molecule has 6 heteroatoms. The molecule has 0 saturated heterocycles. The lowest BCUT2D eigenvalue weighted by Crippen LogP contribution is -2.45. The molecule has 1 fully saturated rings. The van der Waals surface area contributed by atoms with Crippen LogP contribution in [0.1, 0.15) is 57.9 Å². The second-order valence-corrected chi connectivity index (χ2v) is 6.21. The third-order valence-electron chi connectivity index (χ3n) is 4.36. The van der Waals surface area contributed by atoms with E-state index in [2.05, 4.69) is 5.32 Å². The lowest BCUT2D eigenvalue weighted by molar-refractivity contribution is -0.143. The van der Waals surface area contributed by atoms with Crippen molar-refractivity contribution >= 4 is 17.6 Å². The molecule has 1 saturated carbocycles. The van der Waals surface area contributed by atoms with Crippen molar-refractivity contribution in [3.05, 3.63) is 23.8 Å². The van der Waals surface area contributed by atoms with Crippen molar-refractivity contribution in [2.24, 2.45) is 0 Å². The highest BCUT2D eigenvalue weighted by atomic mass is 16.5. The van der Waals surface area contributed by atoms with Gasteiger partial charge in [-0.1, -0.05) is 25.7 Å². The van der Waals surface area contributed by atoms with E-state index in [1.807, 2.05) is 13.0 Å². The van der Waals surface area contributed by atoms with Crippen LogP contribution in [0, 0.1) is 11.3 Å². The van der Waals surface area contributed by atoms with Crippen LogP contribution < -0.4 is 10.1 Å². The van der Waals surface area contributed by atoms with E-state index in [4.69, 9.17) is 9.47 Å². The molecule has 1 aromatic rings. The number of nitrogens with one attached hydrogen (secondary N) is 1. The van der Waals surface area contributed by atoms with Crippen LogP contribution in [0.25, 0.3) is 0 Å². The number of carbonyl (C=O) groups is 2. The van der Waals surface area contributed by atoms with Gasteiger partial charge in [0.1, 0.15) is 17.4 Å². The second-order valence-electron chi connectivity index (χ2n) is 6.21. The Bertz CT molecular complexity index is 670. The number of anilines is 1. The Labute approximate surface area is 148 Å². The number of ether oxygens (including phenoxy) is 2. The molecule has 0 heterocycles. The van der Waals surface area contributed by atoms with Gasteiger partial charge in [0, 0.05) is 19.2 Å². The normalized spacial score (nSPS) is 16.4. The topological polar surface area (TPSA) is 88.4 Å². The maximum absolute atomic E-state index is 12.9. The zero-order valence-electron chi connectivity index (χ0n) is 14.8. The molecular formula is C19H24N2O4. The van der Waals surface area contributed by atoms with Gasteiger partial charge < -0.3 is 14.8 Å². The molecule has 6 nitrogen and oxygen atoms in total. The Hall–Kier alpha value is -2.39. The van der Waals surface area contributed by atoms with Crippen LogP contribution >= 0.6 is 0 Å². The summed E-state index contributed by atoms with van der Waals surface area (Å²) in [6.07, 6.45) is 5.53. The summed E-state index contributed by atoms with van der Waals surface area (Å²) in [5, 5.41) is 12.1. The maximum Gasteiger partial charge on any atom is 0.308 e. The standard InChI is InChI=1S/C19H24N2O4/c1-3-24-19(10-6-4-5-7-11-19)18(23)21-16-8-9-17(25-14(2)22)15(12-16)13-20/h8-9,12H,3-7,10-11H2,1-2H3,(H,21,23). The van der Waals surface area contributed by atoms with Crippen molar-refractivity contribution in [1.82, 2.24) is 0 Å².